The number of carbonyl (C=O) groups is 1. The quantitative estimate of drug-likeness (QED) is 0.797. The predicted octanol–water partition coefficient (Wildman–Crippen LogP) is 4.22. The van der Waals surface area contributed by atoms with Crippen molar-refractivity contribution in [1.29, 1.82) is 0 Å². The molecule has 4 heteroatoms. The molecule has 2 heterocycles. The van der Waals surface area contributed by atoms with Gasteiger partial charge in [-0.1, -0.05) is 45.0 Å². The minimum Gasteiger partial charge on any atom is -0.320 e. The Kier molecular flexibility index (Phi) is 4.68. The number of amides is 2. The van der Waals surface area contributed by atoms with Gasteiger partial charge in [-0.25, -0.2) is 4.79 Å². The van der Waals surface area contributed by atoms with E-state index in [1.54, 1.807) is 0 Å². The van der Waals surface area contributed by atoms with E-state index in [0.29, 0.717) is 6.54 Å². The lowest BCUT2D eigenvalue weighted by molar-refractivity contribution is 0.206. The van der Waals surface area contributed by atoms with Crippen molar-refractivity contribution in [3.8, 4) is 0 Å². The molecule has 2 amide bonds. The largest absolute Gasteiger partial charge is 0.322 e. The second kappa shape index (κ2) is 7.01. The van der Waals surface area contributed by atoms with Crippen LogP contribution in [0.15, 0.2) is 36.4 Å². The third-order valence-corrected chi connectivity index (χ3v) is 5.72. The molecular formula is C23H29N3O. The van der Waals surface area contributed by atoms with E-state index in [9.17, 15) is 4.79 Å². The summed E-state index contributed by atoms with van der Waals surface area (Å²) in [7, 11) is 0. The molecule has 0 atom stereocenters. The topological polar surface area (TPSA) is 44.4 Å². The van der Waals surface area contributed by atoms with Crippen LogP contribution < -0.4 is 10.6 Å². The van der Waals surface area contributed by atoms with Crippen molar-refractivity contribution >= 4 is 11.7 Å². The number of rotatable bonds is 1. The molecule has 0 unspecified atom stereocenters. The number of nitrogens with one attached hydrogen (secondary N) is 2. The van der Waals surface area contributed by atoms with Crippen LogP contribution in [-0.2, 0) is 31.3 Å². The number of urea groups is 1. The first-order chi connectivity index (χ1) is 12.9. The van der Waals surface area contributed by atoms with Crippen LogP contribution in [-0.4, -0.2) is 24.0 Å². The predicted molar refractivity (Wildman–Crippen MR) is 110 cm³/mol. The molecule has 142 valence electrons. The van der Waals surface area contributed by atoms with Crippen LogP contribution in [0.2, 0.25) is 0 Å². The van der Waals surface area contributed by atoms with E-state index in [4.69, 9.17) is 0 Å². The molecule has 2 aromatic rings. The van der Waals surface area contributed by atoms with Gasteiger partial charge in [-0.15, -0.1) is 0 Å². The number of carbonyl (C=O) groups excluding carboxylic acids is 1. The molecule has 2 aliphatic rings. The molecule has 0 fully saturated rings. The second-order valence-electron chi connectivity index (χ2n) is 8.75. The molecule has 0 bridgehead atoms. The van der Waals surface area contributed by atoms with E-state index < -0.39 is 0 Å². The Hall–Kier alpha value is -2.33. The maximum absolute atomic E-state index is 12.8. The normalized spacial score (nSPS) is 16.5. The lowest BCUT2D eigenvalue weighted by atomic mass is 9.84. The average Bonchev–Trinajstić information content (AvgIpc) is 2.66. The molecule has 0 aliphatic carbocycles. The standard InChI is InChI=1S/C23H29N3O/c1-23(2,3)20-6-4-18-15-26(11-9-17(18)12-20)22(27)25-21-7-5-16-8-10-24-14-19(16)13-21/h4-7,12-13,24H,8-11,14-15H2,1-3H3,(H,25,27). The van der Waals surface area contributed by atoms with Gasteiger partial charge in [-0.05, 0) is 64.8 Å². The fourth-order valence-corrected chi connectivity index (χ4v) is 3.95. The van der Waals surface area contributed by atoms with E-state index >= 15 is 0 Å². The zero-order chi connectivity index (χ0) is 19.0. The first-order valence-electron chi connectivity index (χ1n) is 9.91. The monoisotopic (exact) mass is 363 g/mol. The maximum atomic E-state index is 12.8. The first-order valence-corrected chi connectivity index (χ1v) is 9.91. The minimum absolute atomic E-state index is 0.00994. The summed E-state index contributed by atoms with van der Waals surface area (Å²) in [6.07, 6.45) is 1.98. The summed E-state index contributed by atoms with van der Waals surface area (Å²) in [5.41, 5.74) is 7.72. The van der Waals surface area contributed by atoms with Gasteiger partial charge < -0.3 is 15.5 Å². The van der Waals surface area contributed by atoms with Crippen LogP contribution in [0.5, 0.6) is 0 Å². The Balaban J connectivity index is 1.45. The molecule has 0 radical (unpaired) electrons. The lowest BCUT2D eigenvalue weighted by Crippen LogP contribution is -2.39. The van der Waals surface area contributed by atoms with Gasteiger partial charge in [0.2, 0.25) is 0 Å². The van der Waals surface area contributed by atoms with Crippen molar-refractivity contribution in [3.05, 3.63) is 64.2 Å². The number of fused-ring (bicyclic) bond motifs is 2. The third kappa shape index (κ3) is 3.86. The Morgan fingerprint density at radius 1 is 1.00 bits per heavy atom. The Labute approximate surface area is 162 Å². The molecule has 0 aromatic heterocycles. The summed E-state index contributed by atoms with van der Waals surface area (Å²) in [5.74, 6) is 0. The van der Waals surface area contributed by atoms with E-state index in [-0.39, 0.29) is 11.4 Å². The fraction of sp³-hybridized carbons (Fsp3) is 0.435. The summed E-state index contributed by atoms with van der Waals surface area (Å²) in [6, 6.07) is 13.0. The smallest absolute Gasteiger partial charge is 0.320 e. The first kappa shape index (κ1) is 18.1. The van der Waals surface area contributed by atoms with Crippen LogP contribution >= 0.6 is 0 Å². The van der Waals surface area contributed by atoms with E-state index in [2.05, 4.69) is 61.7 Å². The lowest BCUT2D eigenvalue weighted by Gasteiger charge is -2.30. The molecule has 0 saturated heterocycles. The van der Waals surface area contributed by atoms with Crippen molar-refractivity contribution in [2.24, 2.45) is 0 Å². The van der Waals surface area contributed by atoms with Crippen molar-refractivity contribution in [3.63, 3.8) is 0 Å². The molecule has 27 heavy (non-hydrogen) atoms. The molecular weight excluding hydrogens is 334 g/mol. The summed E-state index contributed by atoms with van der Waals surface area (Å²) in [4.78, 5) is 14.7. The van der Waals surface area contributed by atoms with Gasteiger partial charge >= 0.3 is 6.03 Å². The molecule has 0 saturated carbocycles. The van der Waals surface area contributed by atoms with Crippen LogP contribution in [0.4, 0.5) is 10.5 Å². The minimum atomic E-state index is -0.00994. The molecule has 2 aliphatic heterocycles. The van der Waals surface area contributed by atoms with Gasteiger partial charge in [0.25, 0.3) is 0 Å². The van der Waals surface area contributed by atoms with Gasteiger partial charge in [-0.3, -0.25) is 0 Å². The highest BCUT2D eigenvalue weighted by Gasteiger charge is 2.23. The van der Waals surface area contributed by atoms with Gasteiger partial charge in [-0.2, -0.15) is 0 Å². The van der Waals surface area contributed by atoms with Gasteiger partial charge in [0.05, 0.1) is 0 Å². The highest BCUT2D eigenvalue weighted by atomic mass is 16.2. The molecule has 0 spiro atoms. The maximum Gasteiger partial charge on any atom is 0.322 e. The zero-order valence-electron chi connectivity index (χ0n) is 16.6. The van der Waals surface area contributed by atoms with Gasteiger partial charge in [0.15, 0.2) is 0 Å². The van der Waals surface area contributed by atoms with Crippen molar-refractivity contribution in [1.82, 2.24) is 10.2 Å². The number of hydrogen-bond donors (Lipinski definition) is 2. The number of anilines is 1. The summed E-state index contributed by atoms with van der Waals surface area (Å²) >= 11 is 0. The van der Waals surface area contributed by atoms with Gasteiger partial charge in [0.1, 0.15) is 0 Å². The highest BCUT2D eigenvalue weighted by Crippen LogP contribution is 2.28. The van der Waals surface area contributed by atoms with Crippen molar-refractivity contribution < 1.29 is 4.79 Å². The summed E-state index contributed by atoms with van der Waals surface area (Å²) < 4.78 is 0. The van der Waals surface area contributed by atoms with E-state index in [1.807, 2.05) is 11.0 Å². The van der Waals surface area contributed by atoms with Crippen LogP contribution in [0.3, 0.4) is 0 Å². The highest BCUT2D eigenvalue weighted by molar-refractivity contribution is 5.89. The van der Waals surface area contributed by atoms with Crippen molar-refractivity contribution in [2.75, 3.05) is 18.4 Å². The molecule has 2 aromatic carbocycles. The van der Waals surface area contributed by atoms with Crippen LogP contribution in [0, 0.1) is 0 Å². The molecule has 4 rings (SSSR count). The van der Waals surface area contributed by atoms with Crippen molar-refractivity contribution in [2.45, 2.75) is 52.1 Å². The number of benzene rings is 2. The van der Waals surface area contributed by atoms with Crippen LogP contribution in [0.1, 0.15) is 48.6 Å². The summed E-state index contributed by atoms with van der Waals surface area (Å²) in [6.45, 7) is 10.1. The Morgan fingerprint density at radius 3 is 2.63 bits per heavy atom. The average molecular weight is 364 g/mol. The molecule has 2 N–H and O–H groups in total. The molecule has 4 nitrogen and oxygen atoms in total. The third-order valence-electron chi connectivity index (χ3n) is 5.72. The second-order valence-corrected chi connectivity index (χ2v) is 8.75. The Bertz CT molecular complexity index is 866. The summed E-state index contributed by atoms with van der Waals surface area (Å²) in [5, 5.41) is 6.48. The Morgan fingerprint density at radius 2 is 1.81 bits per heavy atom. The number of nitrogens with zero attached hydrogens (tertiary/aromatic N) is 1. The fourth-order valence-electron chi connectivity index (χ4n) is 3.95. The van der Waals surface area contributed by atoms with Crippen LogP contribution in [0.25, 0.3) is 0 Å². The zero-order valence-corrected chi connectivity index (χ0v) is 16.6. The number of hydrogen-bond acceptors (Lipinski definition) is 2. The van der Waals surface area contributed by atoms with E-state index in [1.165, 1.54) is 27.8 Å². The SMILES string of the molecule is CC(C)(C)c1ccc2c(c1)CCN(C(=O)Nc1ccc3c(c1)CNCC3)C2. The van der Waals surface area contributed by atoms with E-state index in [0.717, 1.165) is 38.2 Å². The van der Waals surface area contributed by atoms with Gasteiger partial charge in [0, 0.05) is 25.3 Å².